The summed E-state index contributed by atoms with van der Waals surface area (Å²) in [7, 11) is 3.90. The maximum Gasteiger partial charge on any atom is 0.202 e. The van der Waals surface area contributed by atoms with Gasteiger partial charge in [-0.15, -0.1) is 0 Å². The Balaban J connectivity index is 1.94. The van der Waals surface area contributed by atoms with Gasteiger partial charge in [0.15, 0.2) is 5.65 Å². The van der Waals surface area contributed by atoms with Gasteiger partial charge in [0.1, 0.15) is 5.52 Å². The highest BCUT2D eigenvalue weighted by Crippen LogP contribution is 2.22. The Hall–Kier alpha value is -2.31. The summed E-state index contributed by atoms with van der Waals surface area (Å²) in [6, 6.07) is 2.02. The number of hydrogen-bond donors (Lipinski definition) is 1. The molecule has 0 spiro atoms. The lowest BCUT2D eigenvalue weighted by molar-refractivity contribution is 0.634. The number of nitrogen functional groups attached to an aromatic ring is 1. The third kappa shape index (κ3) is 2.28. The molecule has 7 heteroatoms. The average molecular weight is 287 g/mol. The molecule has 0 amide bonds. The fourth-order valence-corrected chi connectivity index (χ4v) is 2.76. The normalized spacial score (nSPS) is 11.6. The maximum absolute atomic E-state index is 6.10. The first-order chi connectivity index (χ1) is 10.1. The van der Waals surface area contributed by atoms with Crippen LogP contribution >= 0.6 is 0 Å². The molecular formula is C14H21N7. The highest BCUT2D eigenvalue weighted by Gasteiger charge is 2.17. The second-order valence-corrected chi connectivity index (χ2v) is 5.31. The Morgan fingerprint density at radius 1 is 1.19 bits per heavy atom. The van der Waals surface area contributed by atoms with Crippen LogP contribution in [0.25, 0.3) is 11.2 Å². The van der Waals surface area contributed by atoms with E-state index in [-0.39, 0.29) is 0 Å². The minimum absolute atomic E-state index is 0.553. The van der Waals surface area contributed by atoms with Crippen molar-refractivity contribution in [3.63, 3.8) is 0 Å². The van der Waals surface area contributed by atoms with E-state index in [1.807, 2.05) is 40.3 Å². The first kappa shape index (κ1) is 13.7. The van der Waals surface area contributed by atoms with Crippen molar-refractivity contribution in [2.75, 3.05) is 5.73 Å². The summed E-state index contributed by atoms with van der Waals surface area (Å²) in [6.07, 6.45) is 4.65. The van der Waals surface area contributed by atoms with E-state index in [0.29, 0.717) is 5.95 Å². The smallest absolute Gasteiger partial charge is 0.202 e. The van der Waals surface area contributed by atoms with Gasteiger partial charge >= 0.3 is 0 Å². The van der Waals surface area contributed by atoms with Crippen LogP contribution in [0.3, 0.4) is 0 Å². The zero-order valence-corrected chi connectivity index (χ0v) is 12.7. The lowest BCUT2D eigenvalue weighted by Gasteiger charge is -2.07. The first-order valence-electron chi connectivity index (χ1n) is 7.26. The summed E-state index contributed by atoms with van der Waals surface area (Å²) in [5.74, 6) is 0.553. The molecule has 3 aromatic rings. The Morgan fingerprint density at radius 3 is 2.67 bits per heavy atom. The molecule has 0 aliphatic heterocycles. The van der Waals surface area contributed by atoms with Crippen molar-refractivity contribution in [3.05, 3.63) is 23.7 Å². The number of imidazole rings is 1. The van der Waals surface area contributed by atoms with Crippen molar-refractivity contribution in [1.29, 1.82) is 0 Å². The lowest BCUT2D eigenvalue weighted by Crippen LogP contribution is -2.10. The van der Waals surface area contributed by atoms with Crippen LogP contribution in [0.15, 0.2) is 12.3 Å². The van der Waals surface area contributed by atoms with Crippen molar-refractivity contribution in [3.8, 4) is 0 Å². The van der Waals surface area contributed by atoms with Crippen LogP contribution in [0.1, 0.15) is 24.7 Å². The predicted octanol–water partition coefficient (Wildman–Crippen LogP) is 1.28. The molecule has 0 aliphatic rings. The van der Waals surface area contributed by atoms with Gasteiger partial charge in [-0.3, -0.25) is 13.9 Å². The third-order valence-corrected chi connectivity index (χ3v) is 3.82. The van der Waals surface area contributed by atoms with Crippen LogP contribution in [0.5, 0.6) is 0 Å². The second-order valence-electron chi connectivity index (χ2n) is 5.31. The van der Waals surface area contributed by atoms with Gasteiger partial charge in [0.2, 0.25) is 5.95 Å². The van der Waals surface area contributed by atoms with Gasteiger partial charge in [-0.2, -0.15) is 10.2 Å². The summed E-state index contributed by atoms with van der Waals surface area (Å²) in [5.41, 5.74) is 10.2. The molecule has 0 saturated carbocycles. The SMILES string of the molecule is CCCc1nn(C)c2c1nc(N)n2CCc1ccnn1C. The summed E-state index contributed by atoms with van der Waals surface area (Å²) in [6.45, 7) is 2.91. The van der Waals surface area contributed by atoms with Gasteiger partial charge in [0.25, 0.3) is 0 Å². The first-order valence-corrected chi connectivity index (χ1v) is 7.26. The summed E-state index contributed by atoms with van der Waals surface area (Å²) in [4.78, 5) is 4.51. The Labute approximate surface area is 123 Å². The van der Waals surface area contributed by atoms with E-state index in [1.54, 1.807) is 0 Å². The van der Waals surface area contributed by atoms with E-state index in [0.717, 1.165) is 42.7 Å². The topological polar surface area (TPSA) is 79.5 Å². The number of aryl methyl sites for hydroxylation is 5. The van der Waals surface area contributed by atoms with E-state index >= 15 is 0 Å². The fraction of sp³-hybridized carbons (Fsp3) is 0.500. The Bertz CT molecular complexity index is 762. The highest BCUT2D eigenvalue weighted by atomic mass is 15.3. The molecule has 2 N–H and O–H groups in total. The number of nitrogens with two attached hydrogens (primary N) is 1. The van der Waals surface area contributed by atoms with Crippen LogP contribution in [-0.4, -0.2) is 29.1 Å². The molecule has 0 radical (unpaired) electrons. The largest absolute Gasteiger partial charge is 0.369 e. The molecule has 0 fully saturated rings. The molecule has 0 bridgehead atoms. The van der Waals surface area contributed by atoms with E-state index in [2.05, 4.69) is 22.1 Å². The summed E-state index contributed by atoms with van der Waals surface area (Å²) < 4.78 is 5.80. The number of rotatable bonds is 5. The third-order valence-electron chi connectivity index (χ3n) is 3.82. The molecule has 0 atom stereocenters. The van der Waals surface area contributed by atoms with Crippen molar-refractivity contribution < 1.29 is 0 Å². The second kappa shape index (κ2) is 5.23. The number of hydrogen-bond acceptors (Lipinski definition) is 4. The number of aromatic nitrogens is 6. The van der Waals surface area contributed by atoms with E-state index in [9.17, 15) is 0 Å². The fourth-order valence-electron chi connectivity index (χ4n) is 2.76. The minimum atomic E-state index is 0.553. The molecule has 3 rings (SSSR count). The minimum Gasteiger partial charge on any atom is -0.369 e. The number of nitrogens with zero attached hydrogens (tertiary/aromatic N) is 6. The molecule has 7 nitrogen and oxygen atoms in total. The van der Waals surface area contributed by atoms with Crippen molar-refractivity contribution in [2.45, 2.75) is 32.7 Å². The van der Waals surface area contributed by atoms with Crippen LogP contribution < -0.4 is 5.73 Å². The van der Waals surface area contributed by atoms with Gasteiger partial charge in [0, 0.05) is 39.0 Å². The van der Waals surface area contributed by atoms with E-state index < -0.39 is 0 Å². The predicted molar refractivity (Wildman–Crippen MR) is 81.8 cm³/mol. The van der Waals surface area contributed by atoms with Crippen molar-refractivity contribution in [1.82, 2.24) is 29.1 Å². The maximum atomic E-state index is 6.10. The van der Waals surface area contributed by atoms with Crippen LogP contribution in [0.2, 0.25) is 0 Å². The summed E-state index contributed by atoms with van der Waals surface area (Å²) >= 11 is 0. The van der Waals surface area contributed by atoms with Gasteiger partial charge in [0.05, 0.1) is 5.69 Å². The van der Waals surface area contributed by atoms with E-state index in [1.165, 1.54) is 5.69 Å². The monoisotopic (exact) mass is 287 g/mol. The average Bonchev–Trinajstić information content (AvgIpc) is 3.07. The molecule has 0 unspecified atom stereocenters. The standard InChI is InChI=1S/C14H21N7/c1-4-5-11-12-13(20(3)18-11)21(14(15)17-12)9-7-10-6-8-16-19(10)2/h6,8H,4-5,7,9H2,1-3H3,(H2,15,17). The quantitative estimate of drug-likeness (QED) is 0.766. The molecule has 0 aromatic carbocycles. The molecule has 3 heterocycles. The van der Waals surface area contributed by atoms with Crippen LogP contribution in [-0.2, 0) is 33.5 Å². The molecule has 21 heavy (non-hydrogen) atoms. The zero-order valence-electron chi connectivity index (χ0n) is 12.7. The molecule has 0 aliphatic carbocycles. The number of fused-ring (bicyclic) bond motifs is 1. The Kier molecular flexibility index (Phi) is 3.40. The van der Waals surface area contributed by atoms with E-state index in [4.69, 9.17) is 5.73 Å². The summed E-state index contributed by atoms with van der Waals surface area (Å²) in [5, 5.41) is 8.75. The Morgan fingerprint density at radius 2 is 2.00 bits per heavy atom. The molecule has 3 aromatic heterocycles. The highest BCUT2D eigenvalue weighted by molar-refractivity contribution is 5.77. The van der Waals surface area contributed by atoms with Crippen molar-refractivity contribution in [2.24, 2.45) is 14.1 Å². The van der Waals surface area contributed by atoms with Gasteiger partial charge < -0.3 is 5.73 Å². The number of anilines is 1. The van der Waals surface area contributed by atoms with Crippen LogP contribution in [0.4, 0.5) is 5.95 Å². The van der Waals surface area contributed by atoms with Gasteiger partial charge in [-0.05, 0) is 12.5 Å². The lowest BCUT2D eigenvalue weighted by atomic mass is 10.2. The zero-order chi connectivity index (χ0) is 15.0. The van der Waals surface area contributed by atoms with Gasteiger partial charge in [-0.1, -0.05) is 13.3 Å². The van der Waals surface area contributed by atoms with Gasteiger partial charge in [-0.25, -0.2) is 4.98 Å². The van der Waals surface area contributed by atoms with Crippen LogP contribution in [0, 0.1) is 0 Å². The molecule has 112 valence electrons. The molecular weight excluding hydrogens is 266 g/mol. The van der Waals surface area contributed by atoms with Crippen molar-refractivity contribution >= 4 is 17.1 Å². The molecule has 0 saturated heterocycles.